The van der Waals surface area contributed by atoms with E-state index in [0.717, 1.165) is 6.42 Å². The second-order valence-corrected chi connectivity index (χ2v) is 7.22. The molecule has 2 nitrogen and oxygen atoms in total. The van der Waals surface area contributed by atoms with Gasteiger partial charge in [-0.1, -0.05) is 28.1 Å². The summed E-state index contributed by atoms with van der Waals surface area (Å²) in [5, 5.41) is 4.90. The Morgan fingerprint density at radius 3 is 3.05 bits per heavy atom. The molecule has 0 spiro atoms. The molecule has 0 aliphatic heterocycles. The zero-order valence-electron chi connectivity index (χ0n) is 11.1. The molecule has 1 aromatic heterocycles. The van der Waals surface area contributed by atoms with Gasteiger partial charge in [-0.05, 0) is 43.9 Å². The van der Waals surface area contributed by atoms with Crippen molar-refractivity contribution in [2.24, 2.45) is 0 Å². The fraction of sp³-hybridized carbons (Fsp3) is 0.400. The number of nitrogens with one attached hydrogen (secondary N) is 1. The Morgan fingerprint density at radius 1 is 1.47 bits per heavy atom. The molecule has 3 rings (SSSR count). The van der Waals surface area contributed by atoms with Gasteiger partial charge in [0, 0.05) is 21.6 Å². The van der Waals surface area contributed by atoms with Gasteiger partial charge in [0.2, 0.25) is 0 Å². The monoisotopic (exact) mass is 336 g/mol. The molecular weight excluding hydrogens is 320 g/mol. The summed E-state index contributed by atoms with van der Waals surface area (Å²) in [5.74, 6) is 0. The van der Waals surface area contributed by atoms with Crippen molar-refractivity contribution < 1.29 is 0 Å². The van der Waals surface area contributed by atoms with E-state index in [-0.39, 0.29) is 0 Å². The summed E-state index contributed by atoms with van der Waals surface area (Å²) in [4.78, 5) is 5.75. The Bertz CT molecular complexity index is 594. The average Bonchev–Trinajstić information content (AvgIpc) is 2.98. The minimum absolute atomic E-state index is 0.314. The van der Waals surface area contributed by atoms with Crippen LogP contribution in [-0.4, -0.2) is 4.98 Å². The quantitative estimate of drug-likeness (QED) is 0.889. The Labute approximate surface area is 126 Å². The van der Waals surface area contributed by atoms with E-state index >= 15 is 0 Å². The lowest BCUT2D eigenvalue weighted by Gasteiger charge is -2.19. The number of benzene rings is 1. The molecule has 1 aromatic carbocycles. The van der Waals surface area contributed by atoms with Crippen LogP contribution < -0.4 is 5.32 Å². The summed E-state index contributed by atoms with van der Waals surface area (Å²) in [5.41, 5.74) is 2.90. The van der Waals surface area contributed by atoms with Gasteiger partial charge in [0.05, 0.1) is 6.04 Å². The molecule has 4 heteroatoms. The molecule has 1 aliphatic carbocycles. The molecular formula is C15H17BrN2S. The lowest BCUT2D eigenvalue weighted by atomic mass is 10.1. The van der Waals surface area contributed by atoms with Gasteiger partial charge >= 0.3 is 0 Å². The number of hydrogen-bond donors (Lipinski definition) is 1. The zero-order valence-corrected chi connectivity index (χ0v) is 13.5. The number of nitrogens with zero attached hydrogens (tertiary/aromatic N) is 1. The summed E-state index contributed by atoms with van der Waals surface area (Å²) in [7, 11) is 0. The summed E-state index contributed by atoms with van der Waals surface area (Å²) in [6, 6.07) is 7.26. The van der Waals surface area contributed by atoms with Gasteiger partial charge in [-0.3, -0.25) is 0 Å². The Morgan fingerprint density at radius 2 is 2.32 bits per heavy atom. The van der Waals surface area contributed by atoms with Crippen molar-refractivity contribution >= 4 is 27.3 Å². The maximum atomic E-state index is 4.48. The van der Waals surface area contributed by atoms with Crippen molar-refractivity contribution in [2.45, 2.75) is 38.8 Å². The van der Waals surface area contributed by atoms with Crippen LogP contribution in [0.3, 0.4) is 0 Å². The highest BCUT2D eigenvalue weighted by molar-refractivity contribution is 9.10. The van der Waals surface area contributed by atoms with E-state index in [9.17, 15) is 0 Å². The third kappa shape index (κ3) is 2.62. The van der Waals surface area contributed by atoms with E-state index in [0.29, 0.717) is 12.1 Å². The highest BCUT2D eigenvalue weighted by atomic mass is 79.9. The summed E-state index contributed by atoms with van der Waals surface area (Å²) in [6.07, 6.45) is 4.28. The van der Waals surface area contributed by atoms with E-state index in [1.54, 1.807) is 11.3 Å². The largest absolute Gasteiger partial charge is 0.301 e. The number of aryl methyl sites for hydroxylation is 1. The van der Waals surface area contributed by atoms with Crippen molar-refractivity contribution in [3.63, 3.8) is 0 Å². The fourth-order valence-corrected chi connectivity index (χ4v) is 4.09. The van der Waals surface area contributed by atoms with E-state index in [1.165, 1.54) is 31.9 Å². The van der Waals surface area contributed by atoms with Gasteiger partial charge in [-0.25, -0.2) is 4.98 Å². The van der Waals surface area contributed by atoms with Gasteiger partial charge in [-0.2, -0.15) is 0 Å². The Balaban J connectivity index is 1.78. The van der Waals surface area contributed by atoms with E-state index in [2.05, 4.69) is 58.3 Å². The second-order valence-electron chi connectivity index (χ2n) is 5.10. The average molecular weight is 337 g/mol. The maximum Gasteiger partial charge on any atom is 0.109 e. The molecule has 0 saturated carbocycles. The normalized spacial score (nSPS) is 19.4. The van der Waals surface area contributed by atoms with Crippen molar-refractivity contribution in [1.82, 2.24) is 10.3 Å². The lowest BCUT2D eigenvalue weighted by molar-refractivity contribution is 0.464. The minimum atomic E-state index is 0.314. The summed E-state index contributed by atoms with van der Waals surface area (Å²) >= 11 is 5.43. The van der Waals surface area contributed by atoms with Crippen LogP contribution in [0.1, 0.15) is 46.4 Å². The lowest BCUT2D eigenvalue weighted by Crippen LogP contribution is -2.22. The molecule has 0 amide bonds. The first-order valence-electron chi connectivity index (χ1n) is 6.61. The summed E-state index contributed by atoms with van der Waals surface area (Å²) < 4.78 is 1.24. The highest BCUT2D eigenvalue weighted by Crippen LogP contribution is 2.37. The molecule has 0 bridgehead atoms. The zero-order chi connectivity index (χ0) is 13.4. The standard InChI is InChI=1S/C15H17BrN2S/c1-9-8-17-15(19-9)10(2)18-14-7-6-11-12(14)4-3-5-13(11)16/h3-5,8,10,14,18H,6-7H2,1-2H3. The van der Waals surface area contributed by atoms with Gasteiger partial charge in [0.15, 0.2) is 0 Å². The van der Waals surface area contributed by atoms with E-state index in [4.69, 9.17) is 0 Å². The molecule has 19 heavy (non-hydrogen) atoms. The molecule has 1 N–H and O–H groups in total. The number of aromatic nitrogens is 1. The summed E-state index contributed by atoms with van der Waals surface area (Å²) in [6.45, 7) is 4.31. The molecule has 0 saturated heterocycles. The maximum absolute atomic E-state index is 4.48. The fourth-order valence-electron chi connectivity index (χ4n) is 2.73. The number of halogens is 1. The van der Waals surface area contributed by atoms with Crippen molar-refractivity contribution in [1.29, 1.82) is 0 Å². The molecule has 2 atom stereocenters. The molecule has 1 aliphatic rings. The minimum Gasteiger partial charge on any atom is -0.301 e. The smallest absolute Gasteiger partial charge is 0.109 e. The van der Waals surface area contributed by atoms with Crippen LogP contribution >= 0.6 is 27.3 Å². The second kappa shape index (κ2) is 5.35. The van der Waals surface area contributed by atoms with Crippen LogP contribution in [0.5, 0.6) is 0 Å². The third-order valence-corrected chi connectivity index (χ3v) is 5.51. The Kier molecular flexibility index (Phi) is 3.74. The van der Waals surface area contributed by atoms with Gasteiger partial charge in [0.25, 0.3) is 0 Å². The van der Waals surface area contributed by atoms with Crippen LogP contribution in [0.2, 0.25) is 0 Å². The van der Waals surface area contributed by atoms with Crippen molar-refractivity contribution in [3.8, 4) is 0 Å². The van der Waals surface area contributed by atoms with Crippen LogP contribution in [0.4, 0.5) is 0 Å². The molecule has 0 radical (unpaired) electrons. The first-order valence-corrected chi connectivity index (χ1v) is 8.22. The number of hydrogen-bond acceptors (Lipinski definition) is 3. The van der Waals surface area contributed by atoms with Crippen molar-refractivity contribution in [3.05, 3.63) is 49.9 Å². The van der Waals surface area contributed by atoms with Crippen LogP contribution in [0.15, 0.2) is 28.9 Å². The molecule has 0 fully saturated rings. The first-order chi connectivity index (χ1) is 9.15. The topological polar surface area (TPSA) is 24.9 Å². The molecule has 1 heterocycles. The SMILES string of the molecule is Cc1cnc(C(C)NC2CCc3c(Br)cccc32)s1. The van der Waals surface area contributed by atoms with Crippen molar-refractivity contribution in [2.75, 3.05) is 0 Å². The molecule has 100 valence electrons. The van der Waals surface area contributed by atoms with Gasteiger partial charge in [0.1, 0.15) is 5.01 Å². The third-order valence-electron chi connectivity index (χ3n) is 3.67. The van der Waals surface area contributed by atoms with Gasteiger partial charge < -0.3 is 5.32 Å². The number of thiazole rings is 1. The van der Waals surface area contributed by atoms with Gasteiger partial charge in [-0.15, -0.1) is 11.3 Å². The number of rotatable bonds is 3. The number of fused-ring (bicyclic) bond motifs is 1. The predicted octanol–water partition coefficient (Wildman–Crippen LogP) is 4.55. The van der Waals surface area contributed by atoms with Crippen LogP contribution in [0, 0.1) is 6.92 Å². The first kappa shape index (κ1) is 13.3. The highest BCUT2D eigenvalue weighted by Gasteiger charge is 2.25. The predicted molar refractivity (Wildman–Crippen MR) is 83.6 cm³/mol. The van der Waals surface area contributed by atoms with E-state index in [1.807, 2.05) is 6.20 Å². The van der Waals surface area contributed by atoms with Crippen LogP contribution in [-0.2, 0) is 6.42 Å². The molecule has 2 unspecified atom stereocenters. The molecule has 2 aromatic rings. The van der Waals surface area contributed by atoms with Crippen LogP contribution in [0.25, 0.3) is 0 Å². The van der Waals surface area contributed by atoms with E-state index < -0.39 is 0 Å². The Hall–Kier alpha value is -0.710.